The van der Waals surface area contributed by atoms with Gasteiger partial charge in [0, 0.05) is 32.1 Å². The third kappa shape index (κ3) is 2.72. The van der Waals surface area contributed by atoms with Crippen LogP contribution >= 0.6 is 0 Å². The van der Waals surface area contributed by atoms with Crippen molar-refractivity contribution in [1.82, 2.24) is 10.2 Å². The lowest BCUT2D eigenvalue weighted by atomic mass is 9.86. The molecule has 0 aromatic carbocycles. The molecule has 2 rings (SSSR count). The van der Waals surface area contributed by atoms with Gasteiger partial charge in [0.1, 0.15) is 0 Å². The van der Waals surface area contributed by atoms with E-state index < -0.39 is 0 Å². The Hall–Kier alpha value is -0.520. The lowest BCUT2D eigenvalue weighted by Crippen LogP contribution is -2.43. The smallest absolute Gasteiger partial charge is 0.0602 e. The Morgan fingerprint density at radius 3 is 2.62 bits per heavy atom. The zero-order valence-corrected chi connectivity index (χ0v) is 8.18. The van der Waals surface area contributed by atoms with Crippen LogP contribution in [-0.2, 0) is 0 Å². The molecule has 2 heteroatoms. The molecule has 0 aromatic rings. The van der Waals surface area contributed by atoms with E-state index in [4.69, 9.17) is 0 Å². The van der Waals surface area contributed by atoms with Crippen molar-refractivity contribution < 1.29 is 0 Å². The molecule has 1 aliphatic carbocycles. The summed E-state index contributed by atoms with van der Waals surface area (Å²) < 4.78 is 0. The molecular weight excluding hydrogens is 160 g/mol. The lowest BCUT2D eigenvalue weighted by Gasteiger charge is -2.25. The fourth-order valence-electron chi connectivity index (χ4n) is 1.72. The minimum absolute atomic E-state index is 0.739. The van der Waals surface area contributed by atoms with E-state index in [0.29, 0.717) is 0 Å². The van der Waals surface area contributed by atoms with E-state index in [1.807, 2.05) is 0 Å². The van der Waals surface area contributed by atoms with Crippen LogP contribution in [0.1, 0.15) is 19.3 Å². The zero-order chi connectivity index (χ0) is 8.93. The van der Waals surface area contributed by atoms with Crippen molar-refractivity contribution in [3.8, 4) is 11.8 Å². The van der Waals surface area contributed by atoms with Crippen molar-refractivity contribution in [2.24, 2.45) is 5.92 Å². The highest BCUT2D eigenvalue weighted by molar-refractivity contribution is 5.08. The molecule has 2 fully saturated rings. The lowest BCUT2D eigenvalue weighted by molar-refractivity contribution is 0.268. The van der Waals surface area contributed by atoms with Crippen LogP contribution in [0.4, 0.5) is 0 Å². The normalized spacial score (nSPS) is 24.6. The molecule has 0 amide bonds. The standard InChI is InChI=1S/C11H18N2/c1-3-11(4-1)5-2-8-13-9-6-12-7-10-13/h11-12H,1,3-4,6-10H2. The fourth-order valence-corrected chi connectivity index (χ4v) is 1.72. The van der Waals surface area contributed by atoms with Crippen LogP contribution in [0.25, 0.3) is 0 Å². The average molecular weight is 178 g/mol. The predicted octanol–water partition coefficient (Wildman–Crippen LogP) is 0.695. The maximum atomic E-state index is 3.35. The minimum Gasteiger partial charge on any atom is -0.314 e. The summed E-state index contributed by atoms with van der Waals surface area (Å²) in [5.41, 5.74) is 0. The van der Waals surface area contributed by atoms with Crippen LogP contribution in [0.2, 0.25) is 0 Å². The summed E-state index contributed by atoms with van der Waals surface area (Å²) in [6.45, 7) is 5.58. The third-order valence-electron chi connectivity index (χ3n) is 2.92. The largest absolute Gasteiger partial charge is 0.314 e. The Balaban J connectivity index is 1.66. The molecule has 1 heterocycles. The van der Waals surface area contributed by atoms with E-state index >= 15 is 0 Å². The van der Waals surface area contributed by atoms with Crippen LogP contribution in [0.15, 0.2) is 0 Å². The molecule has 0 unspecified atom stereocenters. The molecule has 1 saturated heterocycles. The first-order valence-corrected chi connectivity index (χ1v) is 5.36. The summed E-state index contributed by atoms with van der Waals surface area (Å²) in [5.74, 6) is 7.40. The number of rotatable bonds is 1. The molecule has 0 atom stereocenters. The molecule has 0 bridgehead atoms. The molecule has 1 aliphatic heterocycles. The van der Waals surface area contributed by atoms with E-state index in [9.17, 15) is 0 Å². The number of hydrogen-bond donors (Lipinski definition) is 1. The molecule has 0 radical (unpaired) electrons. The van der Waals surface area contributed by atoms with Crippen LogP contribution < -0.4 is 5.32 Å². The predicted molar refractivity (Wildman–Crippen MR) is 54.4 cm³/mol. The van der Waals surface area contributed by atoms with Gasteiger partial charge in [0.05, 0.1) is 6.54 Å². The van der Waals surface area contributed by atoms with Crippen LogP contribution in [-0.4, -0.2) is 37.6 Å². The highest BCUT2D eigenvalue weighted by atomic mass is 15.2. The SMILES string of the molecule is C(#CC1CCC1)CN1CCNCC1. The van der Waals surface area contributed by atoms with Crippen molar-refractivity contribution in [1.29, 1.82) is 0 Å². The first-order chi connectivity index (χ1) is 6.45. The third-order valence-corrected chi connectivity index (χ3v) is 2.92. The quantitative estimate of drug-likeness (QED) is 0.594. The van der Waals surface area contributed by atoms with Gasteiger partial charge in [-0.2, -0.15) is 0 Å². The topological polar surface area (TPSA) is 15.3 Å². The van der Waals surface area contributed by atoms with Gasteiger partial charge >= 0.3 is 0 Å². The zero-order valence-electron chi connectivity index (χ0n) is 8.18. The van der Waals surface area contributed by atoms with Crippen LogP contribution in [0.5, 0.6) is 0 Å². The second-order valence-electron chi connectivity index (χ2n) is 3.98. The van der Waals surface area contributed by atoms with Gasteiger partial charge in [-0.1, -0.05) is 18.3 Å². The number of hydrogen-bond acceptors (Lipinski definition) is 2. The molecular formula is C11H18N2. The van der Waals surface area contributed by atoms with E-state index in [1.54, 1.807) is 0 Å². The van der Waals surface area contributed by atoms with Gasteiger partial charge in [-0.25, -0.2) is 0 Å². The monoisotopic (exact) mass is 178 g/mol. The summed E-state index contributed by atoms with van der Waals surface area (Å²) in [7, 11) is 0. The van der Waals surface area contributed by atoms with Crippen LogP contribution in [0.3, 0.4) is 0 Å². The second kappa shape index (κ2) is 4.64. The maximum Gasteiger partial charge on any atom is 0.0602 e. The molecule has 1 saturated carbocycles. The summed E-state index contributed by atoms with van der Waals surface area (Å²) in [5, 5.41) is 3.35. The van der Waals surface area contributed by atoms with E-state index in [0.717, 1.165) is 25.6 Å². The fraction of sp³-hybridized carbons (Fsp3) is 0.818. The van der Waals surface area contributed by atoms with Crippen molar-refractivity contribution in [2.45, 2.75) is 19.3 Å². The number of nitrogens with one attached hydrogen (secondary N) is 1. The Morgan fingerprint density at radius 1 is 1.23 bits per heavy atom. The Kier molecular flexibility index (Phi) is 3.23. The summed E-state index contributed by atoms with van der Waals surface area (Å²) >= 11 is 0. The van der Waals surface area contributed by atoms with Gasteiger partial charge in [0.25, 0.3) is 0 Å². The first-order valence-electron chi connectivity index (χ1n) is 5.36. The van der Waals surface area contributed by atoms with Gasteiger partial charge in [-0.3, -0.25) is 4.90 Å². The molecule has 1 N–H and O–H groups in total. The van der Waals surface area contributed by atoms with E-state index in [-0.39, 0.29) is 0 Å². The first kappa shape index (κ1) is 9.05. The Labute approximate surface area is 80.7 Å². The summed E-state index contributed by atoms with van der Waals surface area (Å²) in [4.78, 5) is 2.43. The van der Waals surface area contributed by atoms with Crippen molar-refractivity contribution in [2.75, 3.05) is 32.7 Å². The Morgan fingerprint density at radius 2 is 2.00 bits per heavy atom. The highest BCUT2D eigenvalue weighted by Gasteiger charge is 2.14. The molecule has 0 spiro atoms. The molecule has 2 aliphatic rings. The second-order valence-corrected chi connectivity index (χ2v) is 3.98. The molecule has 13 heavy (non-hydrogen) atoms. The van der Waals surface area contributed by atoms with Gasteiger partial charge < -0.3 is 5.32 Å². The van der Waals surface area contributed by atoms with Gasteiger partial charge in [0.2, 0.25) is 0 Å². The number of piperazine rings is 1. The van der Waals surface area contributed by atoms with Gasteiger partial charge in [0.15, 0.2) is 0 Å². The molecule has 0 aromatic heterocycles. The number of nitrogens with zero attached hydrogens (tertiary/aromatic N) is 1. The highest BCUT2D eigenvalue weighted by Crippen LogP contribution is 2.24. The van der Waals surface area contributed by atoms with Crippen molar-refractivity contribution in [3.05, 3.63) is 0 Å². The molecule has 2 nitrogen and oxygen atoms in total. The average Bonchev–Trinajstić information content (AvgIpc) is 2.11. The molecule has 72 valence electrons. The van der Waals surface area contributed by atoms with Crippen molar-refractivity contribution >= 4 is 0 Å². The van der Waals surface area contributed by atoms with Crippen molar-refractivity contribution in [3.63, 3.8) is 0 Å². The van der Waals surface area contributed by atoms with E-state index in [2.05, 4.69) is 22.1 Å². The van der Waals surface area contributed by atoms with Crippen LogP contribution in [0, 0.1) is 17.8 Å². The Bertz CT molecular complexity index is 204. The van der Waals surface area contributed by atoms with Gasteiger partial charge in [-0.15, -0.1) is 0 Å². The minimum atomic E-state index is 0.739. The van der Waals surface area contributed by atoms with E-state index in [1.165, 1.54) is 32.4 Å². The summed E-state index contributed by atoms with van der Waals surface area (Å²) in [6, 6.07) is 0. The van der Waals surface area contributed by atoms with Gasteiger partial charge in [-0.05, 0) is 12.8 Å². The summed E-state index contributed by atoms with van der Waals surface area (Å²) in [6.07, 6.45) is 4.08. The maximum absolute atomic E-state index is 3.35.